The number of hydrogen-bond acceptors (Lipinski definition) is 4. The maximum absolute atomic E-state index is 11.6. The Morgan fingerprint density at radius 1 is 1.57 bits per heavy atom. The van der Waals surface area contributed by atoms with Gasteiger partial charge in [0.1, 0.15) is 0 Å². The van der Waals surface area contributed by atoms with Crippen LogP contribution in [-0.2, 0) is 6.54 Å². The predicted molar refractivity (Wildman–Crippen MR) is 51.0 cm³/mol. The van der Waals surface area contributed by atoms with E-state index in [0.717, 1.165) is 5.56 Å². The summed E-state index contributed by atoms with van der Waals surface area (Å²) >= 11 is 0. The highest BCUT2D eigenvalue weighted by Crippen LogP contribution is 1.95. The summed E-state index contributed by atoms with van der Waals surface area (Å²) in [6.07, 6.45) is 3.39. The molecule has 0 amide bonds. The van der Waals surface area contributed by atoms with Gasteiger partial charge in [-0.05, 0) is 12.5 Å². The van der Waals surface area contributed by atoms with Crippen LogP contribution >= 0.6 is 0 Å². The third-order valence-corrected chi connectivity index (χ3v) is 1.91. The number of fused-ring (bicyclic) bond motifs is 1. The second kappa shape index (κ2) is 3.22. The van der Waals surface area contributed by atoms with Gasteiger partial charge in [0, 0.05) is 18.9 Å². The van der Waals surface area contributed by atoms with E-state index in [2.05, 4.69) is 10.1 Å². The quantitative estimate of drug-likeness (QED) is 0.674. The Morgan fingerprint density at radius 2 is 2.36 bits per heavy atom. The van der Waals surface area contributed by atoms with E-state index < -0.39 is 0 Å². The Balaban J connectivity index is 2.68. The van der Waals surface area contributed by atoms with Gasteiger partial charge in [0.25, 0.3) is 5.78 Å². The van der Waals surface area contributed by atoms with E-state index in [1.54, 1.807) is 12.4 Å². The maximum atomic E-state index is 11.6. The Morgan fingerprint density at radius 3 is 3.07 bits per heavy atom. The summed E-state index contributed by atoms with van der Waals surface area (Å²) < 4.78 is 2.74. The van der Waals surface area contributed by atoms with E-state index in [4.69, 9.17) is 5.73 Å². The molecule has 2 N–H and O–H groups in total. The maximum Gasteiger partial charge on any atom is 0.351 e. The molecular formula is C8H11N5O. The Kier molecular flexibility index (Phi) is 2.05. The normalized spacial score (nSPS) is 11.0. The monoisotopic (exact) mass is 193 g/mol. The first-order chi connectivity index (χ1) is 6.72. The fourth-order valence-corrected chi connectivity index (χ4v) is 1.27. The number of aryl methyl sites for hydroxylation is 1. The van der Waals surface area contributed by atoms with Crippen molar-refractivity contribution in [2.45, 2.75) is 13.5 Å². The van der Waals surface area contributed by atoms with Crippen molar-refractivity contribution in [3.8, 4) is 0 Å². The molecule has 0 aliphatic heterocycles. The highest BCUT2D eigenvalue weighted by atomic mass is 16.2. The minimum Gasteiger partial charge on any atom is -0.329 e. The van der Waals surface area contributed by atoms with Gasteiger partial charge in [0.2, 0.25) is 0 Å². The molecule has 0 unspecified atom stereocenters. The number of aromatic nitrogens is 4. The summed E-state index contributed by atoms with van der Waals surface area (Å²) in [6.45, 7) is 2.68. The predicted octanol–water partition coefficient (Wildman–Crippen LogP) is -0.842. The van der Waals surface area contributed by atoms with Crippen LogP contribution in [0.2, 0.25) is 0 Å². The lowest BCUT2D eigenvalue weighted by Crippen LogP contribution is -2.24. The molecule has 14 heavy (non-hydrogen) atoms. The Labute approximate surface area is 80.0 Å². The lowest BCUT2D eigenvalue weighted by atomic mass is 10.4. The number of hydrogen-bond donors (Lipinski definition) is 1. The summed E-state index contributed by atoms with van der Waals surface area (Å²) in [5.41, 5.74) is 6.08. The molecule has 0 atom stereocenters. The minimum absolute atomic E-state index is 0.193. The smallest absolute Gasteiger partial charge is 0.329 e. The first kappa shape index (κ1) is 8.89. The number of nitrogens with two attached hydrogens (primary N) is 1. The van der Waals surface area contributed by atoms with Crippen molar-refractivity contribution in [2.24, 2.45) is 5.73 Å². The molecule has 74 valence electrons. The highest BCUT2D eigenvalue weighted by molar-refractivity contribution is 5.26. The molecule has 0 saturated carbocycles. The number of rotatable bonds is 2. The zero-order valence-corrected chi connectivity index (χ0v) is 7.84. The molecular weight excluding hydrogens is 182 g/mol. The lowest BCUT2D eigenvalue weighted by molar-refractivity contribution is 0.602. The van der Waals surface area contributed by atoms with Gasteiger partial charge >= 0.3 is 5.69 Å². The van der Waals surface area contributed by atoms with Crippen molar-refractivity contribution in [1.82, 2.24) is 19.2 Å². The van der Waals surface area contributed by atoms with Crippen LogP contribution < -0.4 is 11.4 Å². The van der Waals surface area contributed by atoms with Gasteiger partial charge in [-0.25, -0.2) is 18.9 Å². The number of nitrogens with zero attached hydrogens (tertiary/aromatic N) is 4. The Bertz CT molecular complexity index is 512. The zero-order chi connectivity index (χ0) is 10.1. The molecule has 0 spiro atoms. The van der Waals surface area contributed by atoms with Gasteiger partial charge in [0.05, 0.1) is 6.54 Å². The average Bonchev–Trinajstić information content (AvgIpc) is 2.46. The molecule has 0 aliphatic rings. The average molecular weight is 193 g/mol. The van der Waals surface area contributed by atoms with Crippen molar-refractivity contribution in [1.29, 1.82) is 0 Å². The molecule has 6 nitrogen and oxygen atoms in total. The van der Waals surface area contributed by atoms with Crippen LogP contribution in [0, 0.1) is 6.92 Å². The van der Waals surface area contributed by atoms with Crippen LogP contribution in [0.15, 0.2) is 17.2 Å². The van der Waals surface area contributed by atoms with Gasteiger partial charge < -0.3 is 5.73 Å². The van der Waals surface area contributed by atoms with Crippen LogP contribution in [0.3, 0.4) is 0 Å². The van der Waals surface area contributed by atoms with Crippen LogP contribution in [0.25, 0.3) is 5.78 Å². The molecule has 2 rings (SSSR count). The summed E-state index contributed by atoms with van der Waals surface area (Å²) in [5, 5.41) is 4.02. The van der Waals surface area contributed by atoms with E-state index in [9.17, 15) is 4.79 Å². The summed E-state index contributed by atoms with van der Waals surface area (Å²) in [6, 6.07) is 0. The molecule has 2 aromatic rings. The lowest BCUT2D eigenvalue weighted by Gasteiger charge is -1.91. The molecule has 0 aliphatic carbocycles. The largest absolute Gasteiger partial charge is 0.351 e. The highest BCUT2D eigenvalue weighted by Gasteiger charge is 2.05. The molecule has 6 heteroatoms. The topological polar surface area (TPSA) is 78.2 Å². The molecule has 2 aromatic heterocycles. The van der Waals surface area contributed by atoms with Gasteiger partial charge in [-0.15, -0.1) is 5.10 Å². The first-order valence-corrected chi connectivity index (χ1v) is 4.34. The van der Waals surface area contributed by atoms with Crippen LogP contribution in [0.5, 0.6) is 0 Å². The molecule has 2 heterocycles. The van der Waals surface area contributed by atoms with Crippen molar-refractivity contribution >= 4 is 5.78 Å². The first-order valence-electron chi connectivity index (χ1n) is 4.34. The van der Waals surface area contributed by atoms with Crippen LogP contribution in [-0.4, -0.2) is 25.7 Å². The van der Waals surface area contributed by atoms with E-state index in [0.29, 0.717) is 18.9 Å². The molecule has 0 radical (unpaired) electrons. The van der Waals surface area contributed by atoms with Crippen molar-refractivity contribution in [3.63, 3.8) is 0 Å². The van der Waals surface area contributed by atoms with E-state index in [1.807, 2.05) is 6.92 Å². The van der Waals surface area contributed by atoms with Crippen LogP contribution in [0.4, 0.5) is 0 Å². The SMILES string of the molecule is Cc1cnc2nn(CCN)c(=O)n2c1. The third-order valence-electron chi connectivity index (χ3n) is 1.91. The van der Waals surface area contributed by atoms with Gasteiger partial charge in [-0.3, -0.25) is 0 Å². The molecule has 0 bridgehead atoms. The molecule has 0 fully saturated rings. The third kappa shape index (κ3) is 1.29. The second-order valence-corrected chi connectivity index (χ2v) is 3.10. The van der Waals surface area contributed by atoms with E-state index in [1.165, 1.54) is 9.08 Å². The van der Waals surface area contributed by atoms with E-state index in [-0.39, 0.29) is 5.69 Å². The van der Waals surface area contributed by atoms with Crippen molar-refractivity contribution in [2.75, 3.05) is 6.54 Å². The fourth-order valence-electron chi connectivity index (χ4n) is 1.27. The van der Waals surface area contributed by atoms with E-state index >= 15 is 0 Å². The van der Waals surface area contributed by atoms with Crippen molar-refractivity contribution in [3.05, 3.63) is 28.4 Å². The standard InChI is InChI=1S/C8H11N5O/c1-6-4-10-7-11-13(3-2-9)8(14)12(7)5-6/h4-5H,2-3,9H2,1H3. The van der Waals surface area contributed by atoms with Crippen LogP contribution in [0.1, 0.15) is 5.56 Å². The van der Waals surface area contributed by atoms with Gasteiger partial charge in [0.15, 0.2) is 0 Å². The van der Waals surface area contributed by atoms with Gasteiger partial charge in [-0.2, -0.15) is 0 Å². The summed E-state index contributed by atoms with van der Waals surface area (Å²) in [4.78, 5) is 15.7. The summed E-state index contributed by atoms with van der Waals surface area (Å²) in [7, 11) is 0. The molecule has 0 saturated heterocycles. The zero-order valence-electron chi connectivity index (χ0n) is 7.84. The minimum atomic E-state index is -0.193. The van der Waals surface area contributed by atoms with Crippen molar-refractivity contribution < 1.29 is 0 Å². The summed E-state index contributed by atoms with van der Waals surface area (Å²) in [5.74, 6) is 0.411. The fraction of sp³-hybridized carbons (Fsp3) is 0.375. The van der Waals surface area contributed by atoms with Gasteiger partial charge in [-0.1, -0.05) is 0 Å². The second-order valence-electron chi connectivity index (χ2n) is 3.10. The Hall–Kier alpha value is -1.69. The molecule has 0 aromatic carbocycles.